The van der Waals surface area contributed by atoms with Gasteiger partial charge in [0.2, 0.25) is 5.91 Å². The number of carbonyl (C=O) groups excluding carboxylic acids is 1. The molecule has 0 aliphatic carbocycles. The van der Waals surface area contributed by atoms with E-state index in [1.165, 1.54) is 0 Å². The Bertz CT molecular complexity index is 328. The van der Waals surface area contributed by atoms with E-state index in [0.717, 1.165) is 32.3 Å². The first-order valence-corrected chi connectivity index (χ1v) is 7.86. The fraction of sp³-hybridized carbons (Fsp3) is 0.933. The van der Waals surface area contributed by atoms with E-state index in [1.807, 2.05) is 0 Å². The molecule has 0 saturated carbocycles. The van der Waals surface area contributed by atoms with Gasteiger partial charge in [-0.2, -0.15) is 0 Å². The molecule has 2 rings (SSSR count). The minimum atomic E-state index is -0.314. The zero-order valence-electron chi connectivity index (χ0n) is 13.0. The molecule has 2 aliphatic heterocycles. The summed E-state index contributed by atoms with van der Waals surface area (Å²) in [6.07, 6.45) is 3.86. The highest BCUT2D eigenvalue weighted by Gasteiger charge is 2.32. The fourth-order valence-corrected chi connectivity index (χ4v) is 3.24. The lowest BCUT2D eigenvalue weighted by molar-refractivity contribution is -0.132. The molecular weight excluding hydrogens is 292 g/mol. The molecule has 2 fully saturated rings. The van der Waals surface area contributed by atoms with Crippen LogP contribution in [0.4, 0.5) is 0 Å². The average Bonchev–Trinajstić information content (AvgIpc) is 2.94. The van der Waals surface area contributed by atoms with Gasteiger partial charge in [0.15, 0.2) is 0 Å². The zero-order chi connectivity index (χ0) is 14.5. The lowest BCUT2D eigenvalue weighted by atomic mass is 9.87. The van der Waals surface area contributed by atoms with E-state index in [2.05, 4.69) is 19.2 Å². The molecule has 3 N–H and O–H groups in total. The van der Waals surface area contributed by atoms with Crippen molar-refractivity contribution in [2.75, 3.05) is 19.7 Å². The summed E-state index contributed by atoms with van der Waals surface area (Å²) in [4.78, 5) is 12.1. The van der Waals surface area contributed by atoms with Gasteiger partial charge in [-0.05, 0) is 31.6 Å². The van der Waals surface area contributed by atoms with E-state index in [4.69, 9.17) is 15.2 Å². The molecule has 124 valence electrons. The smallest absolute Gasteiger partial charge is 0.249 e. The lowest BCUT2D eigenvalue weighted by Crippen LogP contribution is -2.44. The van der Waals surface area contributed by atoms with Gasteiger partial charge >= 0.3 is 0 Å². The largest absolute Gasteiger partial charge is 0.378 e. The van der Waals surface area contributed by atoms with Crippen molar-refractivity contribution in [3.8, 4) is 0 Å². The normalized spacial score (nSPS) is 32.8. The third kappa shape index (κ3) is 5.09. The molecule has 0 bridgehead atoms. The van der Waals surface area contributed by atoms with Crippen LogP contribution >= 0.6 is 12.4 Å². The first-order valence-electron chi connectivity index (χ1n) is 7.86. The Hall–Kier alpha value is -0.360. The van der Waals surface area contributed by atoms with Gasteiger partial charge in [-0.15, -0.1) is 12.4 Å². The summed E-state index contributed by atoms with van der Waals surface area (Å²) in [6, 6.07) is 0. The number of ether oxygens (including phenoxy) is 2. The van der Waals surface area contributed by atoms with E-state index in [0.29, 0.717) is 24.9 Å². The summed E-state index contributed by atoms with van der Waals surface area (Å²) >= 11 is 0. The fourth-order valence-electron chi connectivity index (χ4n) is 3.24. The first-order chi connectivity index (χ1) is 9.61. The maximum atomic E-state index is 12.1. The van der Waals surface area contributed by atoms with Crippen LogP contribution in [0.3, 0.4) is 0 Å². The predicted molar refractivity (Wildman–Crippen MR) is 84.5 cm³/mol. The van der Waals surface area contributed by atoms with Gasteiger partial charge in [0.1, 0.15) is 6.10 Å². The number of hydrogen-bond donors (Lipinski definition) is 2. The average molecular weight is 321 g/mol. The number of halogens is 1. The van der Waals surface area contributed by atoms with Crippen molar-refractivity contribution in [1.82, 2.24) is 5.32 Å². The Labute approximate surface area is 133 Å². The summed E-state index contributed by atoms with van der Waals surface area (Å²) in [5.41, 5.74) is 5.57. The standard InChI is InChI=1S/C15H28N2O3.ClH/c1-10(2)14-11(4-3-7-19-14)9-17-15(18)13-6-5-12(8-16)20-13;/h10-14H,3-9,16H2,1-2H3,(H,17,18);1H/t11?,12-,13+,14?;/m1./s1. The van der Waals surface area contributed by atoms with Crippen LogP contribution in [0.15, 0.2) is 0 Å². The van der Waals surface area contributed by atoms with Crippen LogP contribution in [-0.2, 0) is 14.3 Å². The second kappa shape index (κ2) is 8.93. The van der Waals surface area contributed by atoms with E-state index >= 15 is 0 Å². The van der Waals surface area contributed by atoms with Crippen LogP contribution in [-0.4, -0.2) is 43.9 Å². The molecule has 2 heterocycles. The van der Waals surface area contributed by atoms with Crippen molar-refractivity contribution in [2.24, 2.45) is 17.6 Å². The third-order valence-electron chi connectivity index (χ3n) is 4.35. The summed E-state index contributed by atoms with van der Waals surface area (Å²) in [6.45, 7) is 6.38. The van der Waals surface area contributed by atoms with Crippen molar-refractivity contribution in [3.05, 3.63) is 0 Å². The molecule has 0 aromatic carbocycles. The van der Waals surface area contributed by atoms with Crippen LogP contribution in [0.1, 0.15) is 39.5 Å². The highest BCUT2D eigenvalue weighted by Crippen LogP contribution is 2.26. The molecule has 0 spiro atoms. The number of carbonyl (C=O) groups is 1. The molecule has 2 unspecified atom stereocenters. The van der Waals surface area contributed by atoms with E-state index in [-0.39, 0.29) is 36.6 Å². The molecule has 0 aromatic heterocycles. The Balaban J connectivity index is 0.00000220. The quantitative estimate of drug-likeness (QED) is 0.805. The molecule has 21 heavy (non-hydrogen) atoms. The van der Waals surface area contributed by atoms with Crippen LogP contribution in [0, 0.1) is 11.8 Å². The molecular formula is C15H29ClN2O3. The van der Waals surface area contributed by atoms with Gasteiger partial charge in [-0.25, -0.2) is 0 Å². The lowest BCUT2D eigenvalue weighted by Gasteiger charge is -2.34. The van der Waals surface area contributed by atoms with Crippen LogP contribution in [0.2, 0.25) is 0 Å². The molecule has 2 saturated heterocycles. The Morgan fingerprint density at radius 3 is 2.71 bits per heavy atom. The van der Waals surface area contributed by atoms with Gasteiger partial charge in [-0.3, -0.25) is 4.79 Å². The van der Waals surface area contributed by atoms with Crippen LogP contribution < -0.4 is 11.1 Å². The molecule has 6 heteroatoms. The minimum absolute atomic E-state index is 0. The van der Waals surface area contributed by atoms with Crippen molar-refractivity contribution in [2.45, 2.75) is 57.8 Å². The van der Waals surface area contributed by atoms with Crippen LogP contribution in [0.25, 0.3) is 0 Å². The van der Waals surface area contributed by atoms with Gasteiger partial charge < -0.3 is 20.5 Å². The molecule has 1 amide bonds. The van der Waals surface area contributed by atoms with Crippen molar-refractivity contribution < 1.29 is 14.3 Å². The number of amides is 1. The van der Waals surface area contributed by atoms with Crippen molar-refractivity contribution >= 4 is 18.3 Å². The first kappa shape index (κ1) is 18.7. The maximum absolute atomic E-state index is 12.1. The molecule has 2 aliphatic rings. The van der Waals surface area contributed by atoms with Gasteiger partial charge in [-0.1, -0.05) is 13.8 Å². The van der Waals surface area contributed by atoms with Crippen molar-refractivity contribution in [1.29, 1.82) is 0 Å². The maximum Gasteiger partial charge on any atom is 0.249 e. The number of hydrogen-bond acceptors (Lipinski definition) is 4. The highest BCUT2D eigenvalue weighted by molar-refractivity contribution is 5.85. The van der Waals surface area contributed by atoms with Crippen molar-refractivity contribution in [3.63, 3.8) is 0 Å². The van der Waals surface area contributed by atoms with E-state index in [1.54, 1.807) is 0 Å². The zero-order valence-corrected chi connectivity index (χ0v) is 13.9. The highest BCUT2D eigenvalue weighted by atomic mass is 35.5. The molecule has 4 atom stereocenters. The third-order valence-corrected chi connectivity index (χ3v) is 4.35. The predicted octanol–water partition coefficient (Wildman–Crippen LogP) is 1.48. The molecule has 0 aromatic rings. The Kier molecular flexibility index (Phi) is 7.95. The van der Waals surface area contributed by atoms with Gasteiger partial charge in [0, 0.05) is 25.6 Å². The second-order valence-corrected chi connectivity index (χ2v) is 6.29. The topological polar surface area (TPSA) is 73.6 Å². The molecule has 0 radical (unpaired) electrons. The van der Waals surface area contributed by atoms with E-state index < -0.39 is 0 Å². The Morgan fingerprint density at radius 2 is 2.10 bits per heavy atom. The number of nitrogens with one attached hydrogen (secondary N) is 1. The minimum Gasteiger partial charge on any atom is -0.378 e. The Morgan fingerprint density at radius 1 is 1.33 bits per heavy atom. The SMILES string of the molecule is CC(C)C1OCCCC1CNC(=O)[C@@H]1CC[C@H](CN)O1.Cl. The number of nitrogens with two attached hydrogens (primary N) is 1. The molecule has 5 nitrogen and oxygen atoms in total. The van der Waals surface area contributed by atoms with Crippen LogP contribution in [0.5, 0.6) is 0 Å². The van der Waals surface area contributed by atoms with E-state index in [9.17, 15) is 4.79 Å². The van der Waals surface area contributed by atoms with Gasteiger partial charge in [0.05, 0.1) is 12.2 Å². The van der Waals surface area contributed by atoms with Gasteiger partial charge in [0.25, 0.3) is 0 Å². The summed E-state index contributed by atoms with van der Waals surface area (Å²) < 4.78 is 11.5. The number of rotatable bonds is 5. The second-order valence-electron chi connectivity index (χ2n) is 6.29. The summed E-state index contributed by atoms with van der Waals surface area (Å²) in [5, 5.41) is 3.04. The summed E-state index contributed by atoms with van der Waals surface area (Å²) in [5.74, 6) is 0.912. The monoisotopic (exact) mass is 320 g/mol. The summed E-state index contributed by atoms with van der Waals surface area (Å²) in [7, 11) is 0.